The van der Waals surface area contributed by atoms with Crippen molar-refractivity contribution in [2.24, 2.45) is 5.92 Å². The number of nitrogens with zero attached hydrogens (tertiary/aromatic N) is 2. The molecule has 0 spiro atoms. The number of carbonyl (C=O) groups is 4. The number of hydrogen-bond donors (Lipinski definition) is 1. The van der Waals surface area contributed by atoms with Crippen molar-refractivity contribution in [1.29, 1.82) is 0 Å². The highest BCUT2D eigenvalue weighted by molar-refractivity contribution is 9.10. The molecule has 1 aliphatic heterocycles. The standard InChI is InChI=1S/C11H10BrN3O4/c1-14-9(17)7(10(18)15(2)11(14)19)8(16)6-3-5(12)4-13-6/h3-4,7,13H,1-2H3. The van der Waals surface area contributed by atoms with Crippen molar-refractivity contribution < 1.29 is 19.2 Å². The predicted octanol–water partition coefficient (Wildman–Crippen LogP) is 0.627. The lowest BCUT2D eigenvalue weighted by Gasteiger charge is -2.31. The first-order valence-corrected chi connectivity index (χ1v) is 6.11. The molecular formula is C11H10BrN3O4. The molecule has 0 radical (unpaired) electrons. The van der Waals surface area contributed by atoms with Gasteiger partial charge in [0.05, 0.1) is 5.69 Å². The molecule has 100 valence electrons. The number of carbonyl (C=O) groups excluding carboxylic acids is 4. The molecule has 0 saturated carbocycles. The van der Waals surface area contributed by atoms with Crippen LogP contribution in [-0.2, 0) is 9.59 Å². The van der Waals surface area contributed by atoms with Crippen molar-refractivity contribution in [2.75, 3.05) is 14.1 Å². The Hall–Kier alpha value is -1.96. The van der Waals surface area contributed by atoms with Crippen LogP contribution >= 0.6 is 15.9 Å². The molecule has 7 nitrogen and oxygen atoms in total. The monoisotopic (exact) mass is 327 g/mol. The fourth-order valence-electron chi connectivity index (χ4n) is 1.80. The molecule has 0 unspecified atom stereocenters. The number of imide groups is 2. The van der Waals surface area contributed by atoms with Crippen LogP contribution in [0.2, 0.25) is 0 Å². The molecule has 2 heterocycles. The Kier molecular flexibility index (Phi) is 3.27. The minimum Gasteiger partial charge on any atom is -0.358 e. The maximum Gasteiger partial charge on any atom is 0.332 e. The van der Waals surface area contributed by atoms with Gasteiger partial charge in [-0.05, 0) is 22.0 Å². The molecule has 0 bridgehead atoms. The number of Topliss-reactive ketones (excluding diaryl/α,β-unsaturated/α-hetero) is 1. The van der Waals surface area contributed by atoms with E-state index < -0.39 is 29.5 Å². The minimum atomic E-state index is -1.52. The van der Waals surface area contributed by atoms with E-state index in [0.717, 1.165) is 9.80 Å². The Labute approximate surface area is 116 Å². The SMILES string of the molecule is CN1C(=O)C(C(=O)c2cc(Br)c[nH]2)C(=O)N(C)C1=O. The van der Waals surface area contributed by atoms with Crippen molar-refractivity contribution in [2.45, 2.75) is 0 Å². The Morgan fingerprint density at radius 3 is 2.16 bits per heavy atom. The first-order chi connectivity index (χ1) is 8.84. The first kappa shape index (κ1) is 13.5. The third-order valence-corrected chi connectivity index (χ3v) is 3.36. The largest absolute Gasteiger partial charge is 0.358 e. The van der Waals surface area contributed by atoms with Crippen LogP contribution in [0.3, 0.4) is 0 Å². The maximum absolute atomic E-state index is 12.2. The summed E-state index contributed by atoms with van der Waals surface area (Å²) in [6.07, 6.45) is 1.52. The average molecular weight is 328 g/mol. The Morgan fingerprint density at radius 1 is 1.21 bits per heavy atom. The molecule has 1 saturated heterocycles. The van der Waals surface area contributed by atoms with E-state index in [4.69, 9.17) is 0 Å². The molecule has 4 amide bonds. The van der Waals surface area contributed by atoms with E-state index in [9.17, 15) is 19.2 Å². The van der Waals surface area contributed by atoms with Gasteiger partial charge in [0.15, 0.2) is 5.92 Å². The lowest BCUT2D eigenvalue weighted by atomic mass is 9.97. The number of nitrogens with one attached hydrogen (secondary N) is 1. The molecule has 8 heteroatoms. The summed E-state index contributed by atoms with van der Waals surface area (Å²) in [6.45, 7) is 0. The van der Waals surface area contributed by atoms with Crippen LogP contribution in [0.5, 0.6) is 0 Å². The summed E-state index contributed by atoms with van der Waals surface area (Å²) >= 11 is 3.16. The quantitative estimate of drug-likeness (QED) is 0.637. The van der Waals surface area contributed by atoms with Crippen LogP contribution in [0.4, 0.5) is 4.79 Å². The number of halogens is 1. The molecular weight excluding hydrogens is 318 g/mol. The maximum atomic E-state index is 12.2. The highest BCUT2D eigenvalue weighted by Gasteiger charge is 2.47. The van der Waals surface area contributed by atoms with Crippen LogP contribution in [0.15, 0.2) is 16.7 Å². The van der Waals surface area contributed by atoms with Gasteiger partial charge in [0.25, 0.3) is 11.8 Å². The molecule has 1 aromatic rings. The molecule has 0 aliphatic carbocycles. The third-order valence-electron chi connectivity index (χ3n) is 2.90. The predicted molar refractivity (Wildman–Crippen MR) is 67.2 cm³/mol. The minimum absolute atomic E-state index is 0.134. The highest BCUT2D eigenvalue weighted by atomic mass is 79.9. The smallest absolute Gasteiger partial charge is 0.332 e. The van der Waals surface area contributed by atoms with E-state index in [1.54, 1.807) is 0 Å². The second-order valence-corrected chi connectivity index (χ2v) is 5.02. The summed E-state index contributed by atoms with van der Waals surface area (Å²) in [5, 5.41) is 0. The van der Waals surface area contributed by atoms with Crippen molar-refractivity contribution in [3.05, 3.63) is 22.4 Å². The molecule has 1 aromatic heterocycles. The second kappa shape index (κ2) is 4.61. The molecule has 2 rings (SSSR count). The summed E-state index contributed by atoms with van der Waals surface area (Å²) in [5.74, 6) is -3.81. The van der Waals surface area contributed by atoms with Crippen LogP contribution in [0, 0.1) is 5.92 Å². The van der Waals surface area contributed by atoms with E-state index >= 15 is 0 Å². The van der Waals surface area contributed by atoms with E-state index in [1.165, 1.54) is 26.4 Å². The third kappa shape index (κ3) is 2.07. The fourth-order valence-corrected chi connectivity index (χ4v) is 2.14. The van der Waals surface area contributed by atoms with Crippen LogP contribution < -0.4 is 0 Å². The number of amides is 4. The normalized spacial score (nSPS) is 17.3. The molecule has 0 atom stereocenters. The van der Waals surface area contributed by atoms with E-state index in [0.29, 0.717) is 4.47 Å². The average Bonchev–Trinajstić information content (AvgIpc) is 2.81. The van der Waals surface area contributed by atoms with Crippen molar-refractivity contribution in [1.82, 2.24) is 14.8 Å². The number of hydrogen-bond acceptors (Lipinski definition) is 4. The molecule has 19 heavy (non-hydrogen) atoms. The molecule has 1 fully saturated rings. The van der Waals surface area contributed by atoms with E-state index in [1.807, 2.05) is 0 Å². The zero-order chi connectivity index (χ0) is 14.3. The summed E-state index contributed by atoms with van der Waals surface area (Å²) in [7, 11) is 2.47. The van der Waals surface area contributed by atoms with Crippen LogP contribution in [-0.4, -0.2) is 52.5 Å². The lowest BCUT2D eigenvalue weighted by molar-refractivity contribution is -0.145. The molecule has 1 aliphatic rings. The summed E-state index contributed by atoms with van der Waals surface area (Å²) in [4.78, 5) is 51.8. The van der Waals surface area contributed by atoms with Crippen molar-refractivity contribution in [3.63, 3.8) is 0 Å². The summed E-state index contributed by atoms with van der Waals surface area (Å²) < 4.78 is 0.629. The first-order valence-electron chi connectivity index (χ1n) is 5.32. The number of H-pyrrole nitrogens is 1. The van der Waals surface area contributed by atoms with Gasteiger partial charge in [-0.2, -0.15) is 0 Å². The summed E-state index contributed by atoms with van der Waals surface area (Å²) in [5.41, 5.74) is 0.134. The Morgan fingerprint density at radius 2 is 1.74 bits per heavy atom. The zero-order valence-electron chi connectivity index (χ0n) is 10.1. The fraction of sp³-hybridized carbons (Fsp3) is 0.273. The number of rotatable bonds is 2. The van der Waals surface area contributed by atoms with Gasteiger partial charge in [-0.3, -0.25) is 24.2 Å². The number of aromatic nitrogens is 1. The number of urea groups is 1. The van der Waals surface area contributed by atoms with Gasteiger partial charge >= 0.3 is 6.03 Å². The van der Waals surface area contributed by atoms with Gasteiger partial charge in [0.2, 0.25) is 5.78 Å². The second-order valence-electron chi connectivity index (χ2n) is 4.11. The van der Waals surface area contributed by atoms with Crippen molar-refractivity contribution in [3.8, 4) is 0 Å². The van der Waals surface area contributed by atoms with Gasteiger partial charge in [-0.25, -0.2) is 4.79 Å². The topological polar surface area (TPSA) is 90.6 Å². The Bertz CT molecular complexity index is 571. The van der Waals surface area contributed by atoms with Gasteiger partial charge in [0, 0.05) is 24.8 Å². The van der Waals surface area contributed by atoms with E-state index in [-0.39, 0.29) is 5.69 Å². The van der Waals surface area contributed by atoms with Gasteiger partial charge in [-0.15, -0.1) is 0 Å². The number of ketones is 1. The van der Waals surface area contributed by atoms with Gasteiger partial charge in [-0.1, -0.05) is 0 Å². The Balaban J connectivity index is 2.38. The van der Waals surface area contributed by atoms with Gasteiger partial charge in [0.1, 0.15) is 0 Å². The van der Waals surface area contributed by atoms with Crippen molar-refractivity contribution >= 4 is 39.6 Å². The van der Waals surface area contributed by atoms with E-state index in [2.05, 4.69) is 20.9 Å². The van der Waals surface area contributed by atoms with Crippen LogP contribution in [0.1, 0.15) is 10.5 Å². The zero-order valence-corrected chi connectivity index (χ0v) is 11.7. The van der Waals surface area contributed by atoms with Crippen LogP contribution in [0.25, 0.3) is 0 Å². The number of aromatic amines is 1. The number of barbiturate groups is 1. The summed E-state index contributed by atoms with van der Waals surface area (Å²) in [6, 6.07) is 0.728. The highest BCUT2D eigenvalue weighted by Crippen LogP contribution is 2.21. The molecule has 0 aromatic carbocycles. The molecule has 1 N–H and O–H groups in total. The lowest BCUT2D eigenvalue weighted by Crippen LogP contribution is -2.58. The van der Waals surface area contributed by atoms with Gasteiger partial charge < -0.3 is 4.98 Å².